The number of hydrogen-bond donors (Lipinski definition) is 0. The Balaban J connectivity index is 2.15. The number of fused-ring (bicyclic) bond motifs is 3. The molecule has 0 saturated carbocycles. The maximum Gasteiger partial charge on any atom is 0.347 e. The highest BCUT2D eigenvalue weighted by atomic mass is 79.9. The Hall–Kier alpha value is -1.92. The highest BCUT2D eigenvalue weighted by molar-refractivity contribution is 9.10. The van der Waals surface area contributed by atoms with Gasteiger partial charge in [0.1, 0.15) is 16.5 Å². The molecule has 0 N–H and O–H groups in total. The van der Waals surface area contributed by atoms with Crippen molar-refractivity contribution in [3.05, 3.63) is 67.5 Å². The van der Waals surface area contributed by atoms with Gasteiger partial charge in [-0.1, -0.05) is 37.9 Å². The Labute approximate surface area is 148 Å². The third-order valence-electron chi connectivity index (χ3n) is 3.77. The monoisotopic (exact) mass is 432 g/mol. The molecule has 0 spiro atoms. The molecule has 23 heavy (non-hydrogen) atoms. The molecule has 0 unspecified atom stereocenters. The highest BCUT2D eigenvalue weighted by Gasteiger charge is 2.17. The van der Waals surface area contributed by atoms with E-state index in [2.05, 4.69) is 37.0 Å². The third kappa shape index (κ3) is 2.33. The standard InChI is InChI=1S/C17H10Br2N2O2/c1-9-15-16(20-21(9)12-4-2-3-10(18)7-12)13-8-11(19)5-6-14(13)23-17(15)22/h2-8H,1H3. The summed E-state index contributed by atoms with van der Waals surface area (Å²) in [5.41, 5.74) is 2.46. The predicted molar refractivity (Wildman–Crippen MR) is 97.2 cm³/mol. The highest BCUT2D eigenvalue weighted by Crippen LogP contribution is 2.28. The lowest BCUT2D eigenvalue weighted by atomic mass is 10.1. The number of halogens is 2. The molecule has 0 aliphatic rings. The van der Waals surface area contributed by atoms with Crippen molar-refractivity contribution < 1.29 is 4.42 Å². The molecule has 4 aromatic rings. The minimum atomic E-state index is -0.367. The summed E-state index contributed by atoms with van der Waals surface area (Å²) in [6, 6.07) is 13.3. The fraction of sp³-hybridized carbons (Fsp3) is 0.0588. The van der Waals surface area contributed by atoms with Crippen LogP contribution in [0, 0.1) is 6.92 Å². The molecule has 0 amide bonds. The molecule has 4 nitrogen and oxygen atoms in total. The number of rotatable bonds is 1. The molecule has 114 valence electrons. The number of hydrogen-bond acceptors (Lipinski definition) is 3. The van der Waals surface area contributed by atoms with Crippen LogP contribution in [0.2, 0.25) is 0 Å². The molecule has 0 radical (unpaired) electrons. The Kier molecular flexibility index (Phi) is 3.39. The first-order valence-electron chi connectivity index (χ1n) is 6.92. The summed E-state index contributed by atoms with van der Waals surface area (Å²) in [6.45, 7) is 1.87. The van der Waals surface area contributed by atoms with Gasteiger partial charge in [-0.05, 0) is 43.3 Å². The Morgan fingerprint density at radius 3 is 2.65 bits per heavy atom. The summed E-state index contributed by atoms with van der Waals surface area (Å²) in [5, 5.41) is 5.99. The molecule has 0 bridgehead atoms. The second kappa shape index (κ2) is 5.32. The van der Waals surface area contributed by atoms with Crippen LogP contribution in [-0.4, -0.2) is 9.78 Å². The zero-order chi connectivity index (χ0) is 16.1. The lowest BCUT2D eigenvalue weighted by Gasteiger charge is -2.03. The number of nitrogens with zero attached hydrogens (tertiary/aromatic N) is 2. The van der Waals surface area contributed by atoms with E-state index in [1.807, 2.05) is 43.3 Å². The van der Waals surface area contributed by atoms with Crippen LogP contribution in [0.5, 0.6) is 0 Å². The van der Waals surface area contributed by atoms with Gasteiger partial charge in [0.05, 0.1) is 11.4 Å². The second-order valence-corrected chi connectivity index (χ2v) is 7.06. The van der Waals surface area contributed by atoms with Crippen molar-refractivity contribution in [1.82, 2.24) is 9.78 Å². The lowest BCUT2D eigenvalue weighted by molar-refractivity contribution is 0.569. The van der Waals surface area contributed by atoms with Gasteiger partial charge in [-0.25, -0.2) is 9.48 Å². The normalized spacial score (nSPS) is 11.4. The van der Waals surface area contributed by atoms with E-state index in [1.54, 1.807) is 10.7 Å². The molecule has 0 atom stereocenters. The average molecular weight is 434 g/mol. The Morgan fingerprint density at radius 2 is 1.87 bits per heavy atom. The first-order chi connectivity index (χ1) is 11.0. The van der Waals surface area contributed by atoms with Gasteiger partial charge in [0.25, 0.3) is 0 Å². The van der Waals surface area contributed by atoms with Gasteiger partial charge in [-0.2, -0.15) is 5.10 Å². The molecule has 0 aliphatic carbocycles. The largest absolute Gasteiger partial charge is 0.422 e. The van der Waals surface area contributed by atoms with Crippen LogP contribution < -0.4 is 5.63 Å². The fourth-order valence-electron chi connectivity index (χ4n) is 2.72. The van der Waals surface area contributed by atoms with Crippen LogP contribution in [0.1, 0.15) is 5.69 Å². The number of aryl methyl sites for hydroxylation is 1. The van der Waals surface area contributed by atoms with Crippen LogP contribution >= 0.6 is 31.9 Å². The molecule has 2 heterocycles. The average Bonchev–Trinajstić information content (AvgIpc) is 2.87. The van der Waals surface area contributed by atoms with Gasteiger partial charge < -0.3 is 4.42 Å². The Bertz CT molecular complexity index is 1130. The van der Waals surface area contributed by atoms with E-state index in [0.29, 0.717) is 16.5 Å². The van der Waals surface area contributed by atoms with E-state index < -0.39 is 0 Å². The second-order valence-electron chi connectivity index (χ2n) is 5.23. The molecule has 2 aromatic carbocycles. The van der Waals surface area contributed by atoms with E-state index in [1.165, 1.54) is 0 Å². The zero-order valence-electron chi connectivity index (χ0n) is 12.0. The van der Waals surface area contributed by atoms with E-state index in [0.717, 1.165) is 25.7 Å². The van der Waals surface area contributed by atoms with Crippen molar-refractivity contribution >= 4 is 53.7 Å². The van der Waals surface area contributed by atoms with Crippen LogP contribution in [0.3, 0.4) is 0 Å². The minimum absolute atomic E-state index is 0.367. The smallest absolute Gasteiger partial charge is 0.347 e. The van der Waals surface area contributed by atoms with Crippen molar-refractivity contribution in [2.75, 3.05) is 0 Å². The lowest BCUT2D eigenvalue weighted by Crippen LogP contribution is -2.01. The Morgan fingerprint density at radius 1 is 1.09 bits per heavy atom. The molecule has 0 aliphatic heterocycles. The summed E-state index contributed by atoms with van der Waals surface area (Å²) in [4.78, 5) is 12.4. The van der Waals surface area contributed by atoms with Crippen LogP contribution in [0.4, 0.5) is 0 Å². The van der Waals surface area contributed by atoms with Gasteiger partial charge in [0.2, 0.25) is 0 Å². The van der Waals surface area contributed by atoms with E-state index in [4.69, 9.17) is 4.42 Å². The van der Waals surface area contributed by atoms with Gasteiger partial charge in [-0.15, -0.1) is 0 Å². The predicted octanol–water partition coefficient (Wildman–Crippen LogP) is 4.97. The van der Waals surface area contributed by atoms with Crippen LogP contribution in [-0.2, 0) is 0 Å². The molecule has 4 rings (SSSR count). The first-order valence-corrected chi connectivity index (χ1v) is 8.51. The fourth-order valence-corrected chi connectivity index (χ4v) is 3.47. The summed E-state index contributed by atoms with van der Waals surface area (Å²) in [5.74, 6) is 0. The third-order valence-corrected chi connectivity index (χ3v) is 4.76. The van der Waals surface area contributed by atoms with E-state index >= 15 is 0 Å². The molecule has 2 aromatic heterocycles. The molecular weight excluding hydrogens is 424 g/mol. The molecule has 6 heteroatoms. The van der Waals surface area contributed by atoms with E-state index in [-0.39, 0.29) is 5.63 Å². The van der Waals surface area contributed by atoms with Crippen molar-refractivity contribution in [1.29, 1.82) is 0 Å². The quantitative estimate of drug-likeness (QED) is 0.398. The summed E-state index contributed by atoms with van der Waals surface area (Å²) in [7, 11) is 0. The molecular formula is C17H10Br2N2O2. The van der Waals surface area contributed by atoms with Crippen molar-refractivity contribution in [3.63, 3.8) is 0 Å². The molecule has 0 fully saturated rings. The van der Waals surface area contributed by atoms with Crippen molar-refractivity contribution in [2.24, 2.45) is 0 Å². The van der Waals surface area contributed by atoms with Gasteiger partial charge in [0, 0.05) is 14.3 Å². The van der Waals surface area contributed by atoms with Crippen LogP contribution in [0.15, 0.2) is 60.6 Å². The maximum atomic E-state index is 12.4. The first kappa shape index (κ1) is 14.7. The zero-order valence-corrected chi connectivity index (χ0v) is 15.2. The number of benzene rings is 2. The summed E-state index contributed by atoms with van der Waals surface area (Å²) in [6.07, 6.45) is 0. The maximum absolute atomic E-state index is 12.4. The van der Waals surface area contributed by atoms with E-state index in [9.17, 15) is 4.79 Å². The van der Waals surface area contributed by atoms with Crippen LogP contribution in [0.25, 0.3) is 27.6 Å². The SMILES string of the molecule is Cc1c2c(=O)oc3ccc(Br)cc3c2nn1-c1cccc(Br)c1. The van der Waals surface area contributed by atoms with Gasteiger partial charge in [0.15, 0.2) is 0 Å². The summed E-state index contributed by atoms with van der Waals surface area (Å²) >= 11 is 6.92. The molecule has 0 saturated heterocycles. The van der Waals surface area contributed by atoms with Gasteiger partial charge >= 0.3 is 5.63 Å². The topological polar surface area (TPSA) is 48.0 Å². The van der Waals surface area contributed by atoms with Gasteiger partial charge in [-0.3, -0.25) is 0 Å². The number of aromatic nitrogens is 2. The van der Waals surface area contributed by atoms with Crippen molar-refractivity contribution in [2.45, 2.75) is 6.92 Å². The summed E-state index contributed by atoms with van der Waals surface area (Å²) < 4.78 is 9.08. The minimum Gasteiger partial charge on any atom is -0.422 e. The van der Waals surface area contributed by atoms with Crippen molar-refractivity contribution in [3.8, 4) is 5.69 Å².